The largest absolute Gasteiger partial charge is 0.446 e. The number of aliphatic imine (C=N–C) groups is 1. The summed E-state index contributed by atoms with van der Waals surface area (Å²) in [7, 11) is -3.73. The Kier molecular flexibility index (Phi) is 9.73. The van der Waals surface area contributed by atoms with Crippen molar-refractivity contribution in [3.05, 3.63) is 46.5 Å². The molecule has 8 nitrogen and oxygen atoms in total. The number of hydrogen-bond acceptors (Lipinski definition) is 6. The van der Waals surface area contributed by atoms with Crippen molar-refractivity contribution in [3.8, 4) is 0 Å². The number of hydrogen-bond donors (Lipinski definition) is 1. The number of benzene rings is 1. The first-order valence-electron chi connectivity index (χ1n) is 11.8. The van der Waals surface area contributed by atoms with Crippen LogP contribution in [-0.2, 0) is 14.8 Å². The van der Waals surface area contributed by atoms with E-state index in [9.17, 15) is 13.2 Å². The van der Waals surface area contributed by atoms with Gasteiger partial charge in [0.1, 0.15) is 6.10 Å². The second-order valence-corrected chi connectivity index (χ2v) is 10.2. The van der Waals surface area contributed by atoms with Gasteiger partial charge in [-0.05, 0) is 63.1 Å². The quantitative estimate of drug-likeness (QED) is 0.467. The van der Waals surface area contributed by atoms with Gasteiger partial charge in [0.15, 0.2) is 0 Å². The van der Waals surface area contributed by atoms with E-state index in [2.05, 4.69) is 27.9 Å². The van der Waals surface area contributed by atoms with E-state index in [0.717, 1.165) is 29.7 Å². The van der Waals surface area contributed by atoms with Crippen molar-refractivity contribution in [1.82, 2.24) is 9.80 Å². The third-order valence-corrected chi connectivity index (χ3v) is 7.77. The molecule has 0 atom stereocenters. The average Bonchev–Trinajstić information content (AvgIpc) is 2.83. The van der Waals surface area contributed by atoms with Crippen molar-refractivity contribution in [2.75, 3.05) is 30.9 Å². The molecule has 0 spiro atoms. The zero-order valence-corrected chi connectivity index (χ0v) is 21.9. The van der Waals surface area contributed by atoms with Crippen LogP contribution in [0.4, 0.5) is 10.5 Å². The molecule has 0 radical (unpaired) electrons. The Morgan fingerprint density at radius 2 is 1.74 bits per heavy atom. The van der Waals surface area contributed by atoms with Crippen molar-refractivity contribution in [3.63, 3.8) is 0 Å². The van der Waals surface area contributed by atoms with Gasteiger partial charge >= 0.3 is 6.09 Å². The van der Waals surface area contributed by atoms with Crippen molar-refractivity contribution < 1.29 is 17.9 Å². The van der Waals surface area contributed by atoms with Crippen LogP contribution in [0.15, 0.2) is 40.4 Å². The minimum atomic E-state index is -3.73. The molecular formula is C25H38N4O4S. The van der Waals surface area contributed by atoms with E-state index in [0.29, 0.717) is 44.0 Å². The second-order valence-electron chi connectivity index (χ2n) is 8.39. The Morgan fingerprint density at radius 1 is 1.15 bits per heavy atom. The summed E-state index contributed by atoms with van der Waals surface area (Å²) in [6.45, 7) is 19.4. The minimum Gasteiger partial charge on any atom is -0.446 e. The van der Waals surface area contributed by atoms with Gasteiger partial charge < -0.3 is 14.5 Å². The standard InChI is InChI=1S/C25H38N4O4S/c1-8-22(9-2)33-25(30)29-15-13-28(14-16-29)19(5)21-11-12-24(18(4)17-21)27-34(31,32)20(6)23(10-3)26-7/h11-12,17,22,27H,5,7-10,13-16H2,1-4,6H3/b23-20-. The lowest BCUT2D eigenvalue weighted by atomic mass is 10.1. The van der Waals surface area contributed by atoms with Gasteiger partial charge in [0.2, 0.25) is 0 Å². The summed E-state index contributed by atoms with van der Waals surface area (Å²) in [4.78, 5) is 20.3. The molecule has 0 aromatic heterocycles. The molecule has 1 heterocycles. The smallest absolute Gasteiger partial charge is 0.410 e. The Hall–Kier alpha value is -2.81. The van der Waals surface area contributed by atoms with E-state index in [1.54, 1.807) is 11.0 Å². The SMILES string of the molecule is C=N/C(CC)=C(/C)S(=O)(=O)Nc1ccc(C(=C)N2CCN(C(=O)OC(CC)CC)CC2)cc1C. The topological polar surface area (TPSA) is 91.3 Å². The number of nitrogens with zero attached hydrogens (tertiary/aromatic N) is 3. The van der Waals surface area contributed by atoms with Crippen LogP contribution in [0.1, 0.15) is 58.1 Å². The van der Waals surface area contributed by atoms with Crippen LogP contribution in [0.3, 0.4) is 0 Å². The molecule has 9 heteroatoms. The van der Waals surface area contributed by atoms with Gasteiger partial charge in [0.05, 0.1) is 16.3 Å². The van der Waals surface area contributed by atoms with Crippen molar-refractivity contribution in [2.45, 2.75) is 60.0 Å². The van der Waals surface area contributed by atoms with E-state index in [1.165, 1.54) is 6.92 Å². The zero-order chi connectivity index (χ0) is 25.5. The van der Waals surface area contributed by atoms with Gasteiger partial charge in [0, 0.05) is 31.9 Å². The highest BCUT2D eigenvalue weighted by Gasteiger charge is 2.25. The lowest BCUT2D eigenvalue weighted by Crippen LogP contribution is -2.48. The van der Waals surface area contributed by atoms with Gasteiger partial charge in [-0.3, -0.25) is 9.71 Å². The Bertz CT molecular complexity index is 1040. The molecule has 1 aromatic rings. The number of piperazine rings is 1. The summed E-state index contributed by atoms with van der Waals surface area (Å²) in [5.74, 6) is 0. The number of allylic oxidation sites excluding steroid dienone is 2. The fourth-order valence-corrected chi connectivity index (χ4v) is 5.01. The van der Waals surface area contributed by atoms with Crippen molar-refractivity contribution in [2.24, 2.45) is 4.99 Å². The molecular weight excluding hydrogens is 452 g/mol. The predicted molar refractivity (Wildman–Crippen MR) is 139 cm³/mol. The van der Waals surface area contributed by atoms with E-state index < -0.39 is 10.0 Å². The third kappa shape index (κ3) is 6.62. The molecule has 1 aromatic carbocycles. The van der Waals surface area contributed by atoms with Crippen LogP contribution < -0.4 is 4.72 Å². The summed E-state index contributed by atoms with van der Waals surface area (Å²) in [5.41, 5.74) is 3.47. The van der Waals surface area contributed by atoms with Crippen molar-refractivity contribution >= 4 is 34.2 Å². The predicted octanol–water partition coefficient (Wildman–Crippen LogP) is 4.99. The number of rotatable bonds is 10. The highest BCUT2D eigenvalue weighted by atomic mass is 32.2. The molecule has 1 aliphatic rings. The Morgan fingerprint density at radius 3 is 2.24 bits per heavy atom. The first-order chi connectivity index (χ1) is 16.1. The minimum absolute atomic E-state index is 0.0414. The van der Waals surface area contributed by atoms with Gasteiger partial charge in [-0.15, -0.1) is 0 Å². The number of aryl methyl sites for hydroxylation is 1. The second kappa shape index (κ2) is 12.1. The number of ether oxygens (including phenoxy) is 1. The summed E-state index contributed by atoms with van der Waals surface area (Å²) in [5, 5.41) is 0. The van der Waals surface area contributed by atoms with Gasteiger partial charge in [-0.1, -0.05) is 33.4 Å². The Balaban J connectivity index is 2.05. The number of carbonyl (C=O) groups excluding carboxylic acids is 1. The molecule has 188 valence electrons. The third-order valence-electron chi connectivity index (χ3n) is 6.24. The summed E-state index contributed by atoms with van der Waals surface area (Å²) in [6.07, 6.45) is 1.81. The van der Waals surface area contributed by atoms with Crippen molar-refractivity contribution in [1.29, 1.82) is 0 Å². The highest BCUT2D eigenvalue weighted by molar-refractivity contribution is 7.96. The highest BCUT2D eigenvalue weighted by Crippen LogP contribution is 2.27. The molecule has 1 aliphatic heterocycles. The van der Waals surface area contributed by atoms with E-state index in [1.807, 2.05) is 39.8 Å². The number of sulfonamides is 1. The van der Waals surface area contributed by atoms with Gasteiger partial charge in [-0.25, -0.2) is 13.2 Å². The molecule has 0 unspecified atom stereocenters. The maximum atomic E-state index is 12.7. The lowest BCUT2D eigenvalue weighted by Gasteiger charge is -2.37. The summed E-state index contributed by atoms with van der Waals surface area (Å²) >= 11 is 0. The zero-order valence-electron chi connectivity index (χ0n) is 21.1. The maximum Gasteiger partial charge on any atom is 0.410 e. The van der Waals surface area contributed by atoms with Gasteiger partial charge in [-0.2, -0.15) is 0 Å². The van der Waals surface area contributed by atoms with E-state index in [4.69, 9.17) is 4.74 Å². The van der Waals surface area contributed by atoms with Crippen LogP contribution in [0, 0.1) is 6.92 Å². The van der Waals surface area contributed by atoms with E-state index >= 15 is 0 Å². The monoisotopic (exact) mass is 490 g/mol. The lowest BCUT2D eigenvalue weighted by molar-refractivity contribution is 0.0493. The number of carbonyl (C=O) groups is 1. The number of nitrogens with one attached hydrogen (secondary N) is 1. The summed E-state index contributed by atoms with van der Waals surface area (Å²) < 4.78 is 33.7. The average molecular weight is 491 g/mol. The molecule has 0 aliphatic carbocycles. The molecule has 0 saturated carbocycles. The van der Waals surface area contributed by atoms with Crippen LogP contribution in [0.25, 0.3) is 5.70 Å². The maximum absolute atomic E-state index is 12.7. The Labute approximate surface area is 204 Å². The number of amides is 1. The first-order valence-corrected chi connectivity index (χ1v) is 13.3. The molecule has 0 bridgehead atoms. The molecule has 34 heavy (non-hydrogen) atoms. The van der Waals surface area contributed by atoms with E-state index in [-0.39, 0.29) is 17.1 Å². The van der Waals surface area contributed by atoms with Crippen LogP contribution in [0.2, 0.25) is 0 Å². The number of anilines is 1. The molecule has 1 fully saturated rings. The normalized spacial score (nSPS) is 15.1. The summed E-state index contributed by atoms with van der Waals surface area (Å²) in [6, 6.07) is 5.52. The molecule has 1 amide bonds. The molecule has 1 N–H and O–H groups in total. The van der Waals surface area contributed by atoms with Crippen LogP contribution >= 0.6 is 0 Å². The van der Waals surface area contributed by atoms with Crippen LogP contribution in [0.5, 0.6) is 0 Å². The first kappa shape index (κ1) is 27.4. The fraction of sp³-hybridized carbons (Fsp3) is 0.520. The van der Waals surface area contributed by atoms with Gasteiger partial charge in [0.25, 0.3) is 10.0 Å². The molecule has 1 saturated heterocycles. The molecule has 2 rings (SSSR count). The fourth-order valence-electron chi connectivity index (χ4n) is 3.82. The van der Waals surface area contributed by atoms with Crippen LogP contribution in [-0.4, -0.2) is 63.3 Å².